The van der Waals surface area contributed by atoms with Crippen molar-refractivity contribution in [1.82, 2.24) is 30.7 Å². The summed E-state index contributed by atoms with van der Waals surface area (Å²) < 4.78 is 5.53. The van der Waals surface area contributed by atoms with Gasteiger partial charge in [-0.05, 0) is 33.0 Å². The first kappa shape index (κ1) is 22.3. The highest BCUT2D eigenvalue weighted by Crippen LogP contribution is 2.28. The van der Waals surface area contributed by atoms with Gasteiger partial charge in [-0.3, -0.25) is 14.8 Å². The van der Waals surface area contributed by atoms with Crippen LogP contribution >= 0.6 is 0 Å². The third-order valence-corrected chi connectivity index (χ3v) is 5.39. The number of aromatic nitrogens is 4. The van der Waals surface area contributed by atoms with E-state index in [0.29, 0.717) is 35.9 Å². The second-order valence-electron chi connectivity index (χ2n) is 8.15. The van der Waals surface area contributed by atoms with Gasteiger partial charge in [0.05, 0.1) is 29.2 Å². The molecule has 3 aromatic heterocycles. The van der Waals surface area contributed by atoms with Gasteiger partial charge in [-0.2, -0.15) is 0 Å². The zero-order chi connectivity index (χ0) is 23.3. The minimum atomic E-state index is -0.801. The van der Waals surface area contributed by atoms with Gasteiger partial charge in [-0.15, -0.1) is 0 Å². The molecule has 0 bridgehead atoms. The normalized spacial score (nSPS) is 11.4. The highest BCUT2D eigenvalue weighted by molar-refractivity contribution is 5.87. The number of likely N-dealkylation sites (N-methyl/N-ethyl adjacent to an activating group) is 1. The Kier molecular flexibility index (Phi) is 6.55. The number of nitrogens with one attached hydrogen (secondary N) is 2. The minimum Gasteiger partial charge on any atom is -0.354 e. The third-order valence-electron chi connectivity index (χ3n) is 5.39. The molecule has 0 saturated heterocycles. The molecule has 168 valence electrons. The van der Waals surface area contributed by atoms with Crippen LogP contribution in [-0.4, -0.2) is 46.2 Å². The predicted molar refractivity (Wildman–Crippen MR) is 126 cm³/mol. The van der Waals surface area contributed by atoms with Crippen LogP contribution in [0.5, 0.6) is 0 Å². The summed E-state index contributed by atoms with van der Waals surface area (Å²) in [6.07, 6.45) is 5.00. The zero-order valence-corrected chi connectivity index (χ0v) is 18.9. The van der Waals surface area contributed by atoms with Crippen molar-refractivity contribution in [2.24, 2.45) is 0 Å². The van der Waals surface area contributed by atoms with Gasteiger partial charge in [0.1, 0.15) is 11.4 Å². The van der Waals surface area contributed by atoms with Crippen molar-refractivity contribution in [2.45, 2.75) is 19.3 Å². The number of pyridine rings is 1. The number of hydrogen-bond acceptors (Lipinski definition) is 7. The van der Waals surface area contributed by atoms with Gasteiger partial charge in [0.2, 0.25) is 5.91 Å². The molecule has 4 aromatic rings. The molecule has 0 aliphatic carbocycles. The summed E-state index contributed by atoms with van der Waals surface area (Å²) in [4.78, 5) is 26.2. The van der Waals surface area contributed by atoms with Gasteiger partial charge in [0, 0.05) is 36.5 Å². The smallest absolute Gasteiger partial charge is 0.231 e. The topological polar surface area (TPSA) is 106 Å². The second-order valence-corrected chi connectivity index (χ2v) is 8.15. The summed E-state index contributed by atoms with van der Waals surface area (Å²) in [5.41, 5.74) is 3.59. The first-order valence-electron chi connectivity index (χ1n) is 10.7. The molecule has 2 N–H and O–H groups in total. The SMILES string of the molecule is CNCCNC(=O)C(C)(C)c1cc(-c2cncc(-c3cc(-c4ccccc4)no3)n2)ccn1. The van der Waals surface area contributed by atoms with Crippen molar-refractivity contribution in [3.8, 4) is 34.0 Å². The van der Waals surface area contributed by atoms with Crippen molar-refractivity contribution in [3.05, 3.63) is 72.8 Å². The van der Waals surface area contributed by atoms with Crippen LogP contribution in [-0.2, 0) is 10.2 Å². The van der Waals surface area contributed by atoms with Gasteiger partial charge in [0.15, 0.2) is 5.76 Å². The fourth-order valence-corrected chi connectivity index (χ4v) is 3.33. The van der Waals surface area contributed by atoms with Crippen molar-refractivity contribution in [1.29, 1.82) is 0 Å². The van der Waals surface area contributed by atoms with Crippen molar-refractivity contribution < 1.29 is 9.32 Å². The maximum atomic E-state index is 12.7. The molecule has 0 atom stereocenters. The molecule has 8 nitrogen and oxygen atoms in total. The van der Waals surface area contributed by atoms with E-state index in [-0.39, 0.29) is 5.91 Å². The van der Waals surface area contributed by atoms with E-state index in [1.807, 2.05) is 69.4 Å². The average molecular weight is 443 g/mol. The van der Waals surface area contributed by atoms with E-state index in [0.717, 1.165) is 16.8 Å². The second kappa shape index (κ2) is 9.70. The molecule has 0 aliphatic heterocycles. The maximum absolute atomic E-state index is 12.7. The van der Waals surface area contributed by atoms with Gasteiger partial charge in [-0.1, -0.05) is 35.5 Å². The molecule has 0 saturated carbocycles. The molecule has 3 heterocycles. The summed E-state index contributed by atoms with van der Waals surface area (Å²) in [6, 6.07) is 15.4. The van der Waals surface area contributed by atoms with Gasteiger partial charge in [0.25, 0.3) is 0 Å². The lowest BCUT2D eigenvalue weighted by molar-refractivity contribution is -0.125. The quantitative estimate of drug-likeness (QED) is 0.403. The first-order chi connectivity index (χ1) is 16.0. The Labute approximate surface area is 192 Å². The van der Waals surface area contributed by atoms with Gasteiger partial charge in [-0.25, -0.2) is 4.98 Å². The number of carbonyl (C=O) groups excluding carboxylic acids is 1. The lowest BCUT2D eigenvalue weighted by Crippen LogP contribution is -2.42. The summed E-state index contributed by atoms with van der Waals surface area (Å²) in [7, 11) is 1.85. The van der Waals surface area contributed by atoms with Crippen LogP contribution in [0.4, 0.5) is 0 Å². The number of amides is 1. The minimum absolute atomic E-state index is 0.0858. The zero-order valence-electron chi connectivity index (χ0n) is 18.9. The lowest BCUT2D eigenvalue weighted by atomic mass is 9.86. The molecular formula is C25H26N6O2. The van der Waals surface area contributed by atoms with E-state index in [4.69, 9.17) is 9.51 Å². The molecule has 1 amide bonds. The van der Waals surface area contributed by atoms with Crippen LogP contribution in [0.3, 0.4) is 0 Å². The summed E-state index contributed by atoms with van der Waals surface area (Å²) in [6.45, 7) is 4.96. The molecular weight excluding hydrogens is 416 g/mol. The standard InChI is InChI=1S/C25H26N6O2/c1-25(2,24(32)29-12-11-26-3)23-13-18(9-10-28-23)20-15-27-16-21(30-20)22-14-19(31-33-22)17-7-5-4-6-8-17/h4-10,13-16,26H,11-12H2,1-3H3,(H,29,32). The number of nitrogens with zero attached hydrogens (tertiary/aromatic N) is 4. The first-order valence-corrected chi connectivity index (χ1v) is 10.7. The van der Waals surface area contributed by atoms with Gasteiger partial charge >= 0.3 is 0 Å². The van der Waals surface area contributed by atoms with Crippen LogP contribution in [0.15, 0.2) is 71.6 Å². The Morgan fingerprint density at radius 2 is 1.76 bits per heavy atom. The molecule has 8 heteroatoms. The number of carbonyl (C=O) groups is 1. The molecule has 0 unspecified atom stereocenters. The van der Waals surface area contributed by atoms with E-state index in [1.165, 1.54) is 0 Å². The monoisotopic (exact) mass is 442 g/mol. The molecule has 4 rings (SSSR count). The van der Waals surface area contributed by atoms with Gasteiger partial charge < -0.3 is 15.2 Å². The number of hydrogen-bond donors (Lipinski definition) is 2. The van der Waals surface area contributed by atoms with Crippen molar-refractivity contribution in [2.75, 3.05) is 20.1 Å². The lowest BCUT2D eigenvalue weighted by Gasteiger charge is -2.23. The molecule has 0 fully saturated rings. The maximum Gasteiger partial charge on any atom is 0.231 e. The fourth-order valence-electron chi connectivity index (χ4n) is 3.33. The molecule has 1 aromatic carbocycles. The number of benzene rings is 1. The summed E-state index contributed by atoms with van der Waals surface area (Å²) in [5.74, 6) is 0.444. The van der Waals surface area contributed by atoms with E-state index in [1.54, 1.807) is 18.6 Å². The van der Waals surface area contributed by atoms with Crippen molar-refractivity contribution in [3.63, 3.8) is 0 Å². The van der Waals surface area contributed by atoms with E-state index < -0.39 is 5.41 Å². The van der Waals surface area contributed by atoms with Crippen LogP contribution in [0.2, 0.25) is 0 Å². The van der Waals surface area contributed by atoms with E-state index in [2.05, 4.69) is 25.8 Å². The Balaban J connectivity index is 1.59. The molecule has 0 radical (unpaired) electrons. The Morgan fingerprint density at radius 1 is 0.970 bits per heavy atom. The summed E-state index contributed by atoms with van der Waals surface area (Å²) in [5, 5.41) is 10.1. The summed E-state index contributed by atoms with van der Waals surface area (Å²) >= 11 is 0. The fraction of sp³-hybridized carbons (Fsp3) is 0.240. The third kappa shape index (κ3) is 4.96. The Morgan fingerprint density at radius 3 is 2.55 bits per heavy atom. The highest BCUT2D eigenvalue weighted by Gasteiger charge is 2.31. The Bertz CT molecular complexity index is 1240. The van der Waals surface area contributed by atoms with Crippen LogP contribution in [0.25, 0.3) is 34.0 Å². The van der Waals surface area contributed by atoms with Crippen molar-refractivity contribution >= 4 is 5.91 Å². The molecule has 0 spiro atoms. The Hall–Kier alpha value is -3.91. The highest BCUT2D eigenvalue weighted by atomic mass is 16.5. The van der Waals surface area contributed by atoms with Crippen LogP contribution in [0.1, 0.15) is 19.5 Å². The number of rotatable bonds is 8. The van der Waals surface area contributed by atoms with E-state index >= 15 is 0 Å². The van der Waals surface area contributed by atoms with Crippen LogP contribution < -0.4 is 10.6 Å². The predicted octanol–water partition coefficient (Wildman–Crippen LogP) is 3.47. The average Bonchev–Trinajstić information content (AvgIpc) is 3.35. The molecule has 33 heavy (non-hydrogen) atoms. The van der Waals surface area contributed by atoms with E-state index in [9.17, 15) is 4.79 Å². The van der Waals surface area contributed by atoms with Crippen LogP contribution in [0, 0.1) is 0 Å². The largest absolute Gasteiger partial charge is 0.354 e. The molecule has 0 aliphatic rings.